The lowest BCUT2D eigenvalue weighted by Crippen LogP contribution is -2.36. The van der Waals surface area contributed by atoms with Gasteiger partial charge in [0.05, 0.1) is 5.69 Å². The first-order valence-corrected chi connectivity index (χ1v) is 6.10. The van der Waals surface area contributed by atoms with Crippen molar-refractivity contribution in [2.45, 2.75) is 32.4 Å². The second kappa shape index (κ2) is 5.47. The molecule has 4 nitrogen and oxygen atoms in total. The molecular formula is C13H20N2O2. The third-order valence-electron chi connectivity index (χ3n) is 3.30. The fourth-order valence-electron chi connectivity index (χ4n) is 2.21. The van der Waals surface area contributed by atoms with Crippen molar-refractivity contribution in [3.8, 4) is 5.75 Å². The van der Waals surface area contributed by atoms with Crippen LogP contribution in [0.15, 0.2) is 12.1 Å². The Morgan fingerprint density at radius 3 is 2.82 bits per heavy atom. The van der Waals surface area contributed by atoms with E-state index in [-0.39, 0.29) is 5.75 Å². The summed E-state index contributed by atoms with van der Waals surface area (Å²) in [5.41, 5.74) is 1.71. The smallest absolute Gasteiger partial charge is 0.138 e. The van der Waals surface area contributed by atoms with Gasteiger partial charge in [-0.2, -0.15) is 0 Å². The normalized spacial score (nSPS) is 17.6. The molecule has 0 unspecified atom stereocenters. The number of aromatic hydroxyl groups is 1. The van der Waals surface area contributed by atoms with E-state index in [1.807, 2.05) is 13.0 Å². The van der Waals surface area contributed by atoms with Crippen LogP contribution in [0.25, 0.3) is 0 Å². The van der Waals surface area contributed by atoms with E-state index in [9.17, 15) is 5.11 Å². The Bertz CT molecular complexity index is 376. The summed E-state index contributed by atoms with van der Waals surface area (Å²) in [5.74, 6) is 0.287. The molecule has 4 heteroatoms. The molecule has 1 N–H and O–H groups in total. The van der Waals surface area contributed by atoms with Gasteiger partial charge in [0, 0.05) is 31.5 Å². The van der Waals surface area contributed by atoms with Crippen molar-refractivity contribution in [2.75, 3.05) is 20.3 Å². The van der Waals surface area contributed by atoms with E-state index in [0.29, 0.717) is 12.6 Å². The van der Waals surface area contributed by atoms with Gasteiger partial charge in [0.1, 0.15) is 5.75 Å². The maximum atomic E-state index is 9.77. The predicted octanol–water partition coefficient (Wildman–Crippen LogP) is 1.71. The van der Waals surface area contributed by atoms with Crippen molar-refractivity contribution in [1.29, 1.82) is 0 Å². The minimum Gasteiger partial charge on any atom is -0.506 e. The second-order valence-corrected chi connectivity index (χ2v) is 4.68. The zero-order chi connectivity index (χ0) is 12.3. The summed E-state index contributed by atoms with van der Waals surface area (Å²) in [4.78, 5) is 6.64. The summed E-state index contributed by atoms with van der Waals surface area (Å²) in [6.45, 7) is 4.31. The van der Waals surface area contributed by atoms with Crippen LogP contribution >= 0.6 is 0 Å². The largest absolute Gasteiger partial charge is 0.506 e. The van der Waals surface area contributed by atoms with Gasteiger partial charge in [-0.3, -0.25) is 9.88 Å². The number of hydrogen-bond donors (Lipinski definition) is 1. The van der Waals surface area contributed by atoms with E-state index in [2.05, 4.69) is 16.9 Å². The van der Waals surface area contributed by atoms with Gasteiger partial charge in [-0.15, -0.1) is 0 Å². The zero-order valence-corrected chi connectivity index (χ0v) is 10.5. The van der Waals surface area contributed by atoms with Crippen molar-refractivity contribution in [2.24, 2.45) is 0 Å². The van der Waals surface area contributed by atoms with E-state index >= 15 is 0 Å². The van der Waals surface area contributed by atoms with E-state index < -0.39 is 0 Å². The molecule has 0 aromatic carbocycles. The monoisotopic (exact) mass is 236 g/mol. The molecule has 0 saturated carbocycles. The number of rotatable bonds is 3. The molecule has 0 radical (unpaired) electrons. The summed E-state index contributed by atoms with van der Waals surface area (Å²) in [7, 11) is 2.08. The minimum absolute atomic E-state index is 0.287. The van der Waals surface area contributed by atoms with Crippen molar-refractivity contribution in [3.63, 3.8) is 0 Å². The van der Waals surface area contributed by atoms with Crippen LogP contribution in [-0.2, 0) is 11.3 Å². The van der Waals surface area contributed by atoms with Crippen molar-refractivity contribution in [1.82, 2.24) is 9.88 Å². The minimum atomic E-state index is 0.287. The van der Waals surface area contributed by atoms with Gasteiger partial charge in [-0.1, -0.05) is 0 Å². The van der Waals surface area contributed by atoms with Crippen LogP contribution in [0.4, 0.5) is 0 Å². The van der Waals surface area contributed by atoms with Gasteiger partial charge in [-0.05, 0) is 38.9 Å². The van der Waals surface area contributed by atoms with Crippen LogP contribution in [0.2, 0.25) is 0 Å². The Hall–Kier alpha value is -1.13. The summed E-state index contributed by atoms with van der Waals surface area (Å²) < 4.78 is 5.35. The third-order valence-corrected chi connectivity index (χ3v) is 3.30. The van der Waals surface area contributed by atoms with Gasteiger partial charge in [0.25, 0.3) is 0 Å². The number of ether oxygens (including phenoxy) is 1. The molecule has 1 saturated heterocycles. The maximum Gasteiger partial charge on any atom is 0.138 e. The molecule has 2 heterocycles. The second-order valence-electron chi connectivity index (χ2n) is 4.68. The summed E-state index contributed by atoms with van der Waals surface area (Å²) in [5, 5.41) is 9.77. The first-order valence-electron chi connectivity index (χ1n) is 6.10. The molecule has 1 aromatic heterocycles. The first-order chi connectivity index (χ1) is 8.16. The molecule has 1 aliphatic rings. The van der Waals surface area contributed by atoms with Gasteiger partial charge >= 0.3 is 0 Å². The molecule has 1 aliphatic heterocycles. The number of pyridine rings is 1. The summed E-state index contributed by atoms with van der Waals surface area (Å²) in [6.07, 6.45) is 2.12. The Labute approximate surface area is 102 Å². The standard InChI is InChI=1S/C13H20N2O2/c1-10-3-4-13(16)12(14-10)9-15(2)11-5-7-17-8-6-11/h3-4,11,16H,5-9H2,1-2H3. The van der Waals surface area contributed by atoms with E-state index in [1.165, 1.54) is 0 Å². The van der Waals surface area contributed by atoms with Crippen LogP contribution in [0.5, 0.6) is 5.75 Å². The number of aromatic nitrogens is 1. The predicted molar refractivity (Wildman–Crippen MR) is 65.9 cm³/mol. The number of nitrogens with zero attached hydrogens (tertiary/aromatic N) is 2. The lowest BCUT2D eigenvalue weighted by molar-refractivity contribution is 0.0401. The van der Waals surface area contributed by atoms with Crippen LogP contribution in [0, 0.1) is 6.92 Å². The molecule has 2 rings (SSSR count). The maximum absolute atomic E-state index is 9.77. The molecule has 94 valence electrons. The highest BCUT2D eigenvalue weighted by molar-refractivity contribution is 5.27. The van der Waals surface area contributed by atoms with Gasteiger partial charge in [0.2, 0.25) is 0 Å². The SMILES string of the molecule is Cc1ccc(O)c(CN(C)C2CCOCC2)n1. The summed E-state index contributed by atoms with van der Waals surface area (Å²) >= 11 is 0. The van der Waals surface area contributed by atoms with Crippen LogP contribution in [0.1, 0.15) is 24.2 Å². The highest BCUT2D eigenvalue weighted by Crippen LogP contribution is 2.20. The topological polar surface area (TPSA) is 45.6 Å². The summed E-state index contributed by atoms with van der Waals surface area (Å²) in [6, 6.07) is 4.08. The average molecular weight is 236 g/mol. The molecule has 0 spiro atoms. The lowest BCUT2D eigenvalue weighted by Gasteiger charge is -2.31. The van der Waals surface area contributed by atoms with E-state index in [1.54, 1.807) is 6.07 Å². The highest BCUT2D eigenvalue weighted by Gasteiger charge is 2.19. The van der Waals surface area contributed by atoms with Crippen molar-refractivity contribution in [3.05, 3.63) is 23.5 Å². The molecule has 17 heavy (non-hydrogen) atoms. The molecule has 0 amide bonds. The molecular weight excluding hydrogens is 216 g/mol. The van der Waals surface area contributed by atoms with Crippen LogP contribution in [-0.4, -0.2) is 41.3 Å². The fourth-order valence-corrected chi connectivity index (χ4v) is 2.21. The quantitative estimate of drug-likeness (QED) is 0.867. The van der Waals surface area contributed by atoms with Gasteiger partial charge in [-0.25, -0.2) is 0 Å². The Balaban J connectivity index is 2.01. The molecule has 1 aromatic rings. The third kappa shape index (κ3) is 3.17. The lowest BCUT2D eigenvalue weighted by atomic mass is 10.1. The first kappa shape index (κ1) is 12.3. The van der Waals surface area contributed by atoms with E-state index in [0.717, 1.165) is 37.4 Å². The fraction of sp³-hybridized carbons (Fsp3) is 0.615. The van der Waals surface area contributed by atoms with Gasteiger partial charge in [0.15, 0.2) is 0 Å². The molecule has 0 atom stereocenters. The highest BCUT2D eigenvalue weighted by atomic mass is 16.5. The van der Waals surface area contributed by atoms with Gasteiger partial charge < -0.3 is 9.84 Å². The Morgan fingerprint density at radius 2 is 2.12 bits per heavy atom. The van der Waals surface area contributed by atoms with Crippen molar-refractivity contribution < 1.29 is 9.84 Å². The van der Waals surface area contributed by atoms with Crippen molar-refractivity contribution >= 4 is 0 Å². The Kier molecular flexibility index (Phi) is 3.97. The molecule has 1 fully saturated rings. The average Bonchev–Trinajstić information content (AvgIpc) is 2.35. The molecule has 0 aliphatic carbocycles. The van der Waals surface area contributed by atoms with E-state index in [4.69, 9.17) is 4.74 Å². The van der Waals surface area contributed by atoms with Crippen LogP contribution in [0.3, 0.4) is 0 Å². The number of aryl methyl sites for hydroxylation is 1. The number of hydrogen-bond acceptors (Lipinski definition) is 4. The molecule has 0 bridgehead atoms. The van der Waals surface area contributed by atoms with Crippen LogP contribution < -0.4 is 0 Å². The Morgan fingerprint density at radius 1 is 1.41 bits per heavy atom. The zero-order valence-electron chi connectivity index (χ0n) is 10.5.